The van der Waals surface area contributed by atoms with Gasteiger partial charge >= 0.3 is 11.9 Å². The quantitative estimate of drug-likeness (QED) is 0.315. The molecule has 0 atom stereocenters. The minimum absolute atomic E-state index is 0.0123. The lowest BCUT2D eigenvalue weighted by molar-refractivity contribution is -0.384. The predicted molar refractivity (Wildman–Crippen MR) is 108 cm³/mol. The highest BCUT2D eigenvalue weighted by molar-refractivity contribution is 6.37. The number of fused-ring (bicyclic) bond motifs is 1. The second-order valence-corrected chi connectivity index (χ2v) is 6.60. The molecule has 0 radical (unpaired) electrons. The Morgan fingerprint density at radius 3 is 2.57 bits per heavy atom. The topological polar surface area (TPSA) is 144 Å². The Bertz CT molecular complexity index is 1170. The number of hydrogen-bond donors (Lipinski definition) is 2. The number of nitro groups is 1. The van der Waals surface area contributed by atoms with Crippen molar-refractivity contribution in [2.75, 3.05) is 6.61 Å². The molecule has 0 saturated heterocycles. The summed E-state index contributed by atoms with van der Waals surface area (Å²) in [6, 6.07) is 8.14. The maximum absolute atomic E-state index is 12.2. The van der Waals surface area contributed by atoms with Gasteiger partial charge in [-0.1, -0.05) is 23.2 Å². The maximum Gasteiger partial charge on any atom is 0.341 e. The van der Waals surface area contributed by atoms with Crippen LogP contribution < -0.4 is 10.2 Å². The van der Waals surface area contributed by atoms with Crippen LogP contribution in [0.2, 0.25) is 10.0 Å². The van der Waals surface area contributed by atoms with E-state index in [1.54, 1.807) is 0 Å². The molecule has 0 spiro atoms. The molecule has 0 fully saturated rings. The standard InChI is InChI=1S/C18H11Cl2N3O7/c19-12-3-9(4-13(20)17(12)29-8-16(24)25)7-21-22-18(26)15-6-10-5-11(23(27)28)1-2-14(10)30-15/h1-7H,8H2,(H,22,26)(H,24,25)/b21-7-. The fraction of sp³-hybridized carbons (Fsp3) is 0.0556. The van der Waals surface area contributed by atoms with Crippen molar-refractivity contribution >= 4 is 57.9 Å². The van der Waals surface area contributed by atoms with Gasteiger partial charge in [-0.2, -0.15) is 5.10 Å². The molecule has 0 bridgehead atoms. The zero-order valence-electron chi connectivity index (χ0n) is 14.8. The van der Waals surface area contributed by atoms with Gasteiger partial charge in [-0.3, -0.25) is 14.9 Å². The Labute approximate surface area is 177 Å². The number of benzene rings is 2. The molecule has 10 nitrogen and oxygen atoms in total. The molecule has 30 heavy (non-hydrogen) atoms. The van der Waals surface area contributed by atoms with E-state index < -0.39 is 23.4 Å². The molecule has 0 aliphatic rings. The van der Waals surface area contributed by atoms with Crippen molar-refractivity contribution in [3.05, 3.63) is 67.9 Å². The molecule has 2 aromatic carbocycles. The van der Waals surface area contributed by atoms with Crippen LogP contribution in [0, 0.1) is 10.1 Å². The van der Waals surface area contributed by atoms with E-state index in [9.17, 15) is 19.7 Å². The Kier molecular flexibility index (Phi) is 6.19. The van der Waals surface area contributed by atoms with Gasteiger partial charge in [0.1, 0.15) is 5.58 Å². The van der Waals surface area contributed by atoms with Crippen LogP contribution in [0.4, 0.5) is 5.69 Å². The first-order chi connectivity index (χ1) is 14.2. The van der Waals surface area contributed by atoms with Crippen molar-refractivity contribution in [3.63, 3.8) is 0 Å². The molecule has 2 N–H and O–H groups in total. The van der Waals surface area contributed by atoms with Gasteiger partial charge in [0.25, 0.3) is 5.69 Å². The third-order valence-electron chi connectivity index (χ3n) is 3.67. The van der Waals surface area contributed by atoms with E-state index >= 15 is 0 Å². The number of aliphatic carboxylic acids is 1. The van der Waals surface area contributed by atoms with Gasteiger partial charge in [-0.05, 0) is 29.8 Å². The van der Waals surface area contributed by atoms with Crippen molar-refractivity contribution < 1.29 is 28.8 Å². The lowest BCUT2D eigenvalue weighted by atomic mass is 10.2. The zero-order chi connectivity index (χ0) is 21.8. The molecular weight excluding hydrogens is 441 g/mol. The number of hydrazone groups is 1. The number of carboxylic acid groups (broad SMARTS) is 1. The van der Waals surface area contributed by atoms with Gasteiger partial charge in [0.2, 0.25) is 0 Å². The first-order valence-corrected chi connectivity index (χ1v) is 8.85. The number of nitrogens with one attached hydrogen (secondary N) is 1. The summed E-state index contributed by atoms with van der Waals surface area (Å²) in [4.78, 5) is 33.0. The molecule has 0 aliphatic heterocycles. The first-order valence-electron chi connectivity index (χ1n) is 8.09. The Hall–Kier alpha value is -3.63. The van der Waals surface area contributed by atoms with Crippen LogP contribution in [-0.2, 0) is 4.79 Å². The normalized spacial score (nSPS) is 11.0. The minimum Gasteiger partial charge on any atom is -0.479 e. The van der Waals surface area contributed by atoms with Gasteiger partial charge < -0.3 is 14.3 Å². The smallest absolute Gasteiger partial charge is 0.341 e. The fourth-order valence-electron chi connectivity index (χ4n) is 2.40. The molecule has 0 unspecified atom stereocenters. The van der Waals surface area contributed by atoms with Crippen molar-refractivity contribution in [1.82, 2.24) is 5.43 Å². The molecule has 0 aliphatic carbocycles. The van der Waals surface area contributed by atoms with Gasteiger partial charge in [-0.25, -0.2) is 10.2 Å². The van der Waals surface area contributed by atoms with Crippen LogP contribution in [0.15, 0.2) is 45.9 Å². The molecule has 12 heteroatoms. The number of furan rings is 1. The molecule has 3 aromatic rings. The molecule has 1 heterocycles. The molecular formula is C18H11Cl2N3O7. The number of amides is 1. The average molecular weight is 452 g/mol. The molecule has 1 amide bonds. The summed E-state index contributed by atoms with van der Waals surface area (Å²) in [5, 5.41) is 23.8. The van der Waals surface area contributed by atoms with E-state index in [2.05, 4.69) is 10.5 Å². The van der Waals surface area contributed by atoms with Crippen molar-refractivity contribution in [1.29, 1.82) is 0 Å². The van der Waals surface area contributed by atoms with E-state index in [1.165, 1.54) is 42.6 Å². The summed E-state index contributed by atoms with van der Waals surface area (Å²) in [7, 11) is 0. The maximum atomic E-state index is 12.2. The van der Waals surface area contributed by atoms with Gasteiger partial charge in [0.05, 0.1) is 21.2 Å². The van der Waals surface area contributed by atoms with Gasteiger partial charge in [0.15, 0.2) is 18.1 Å². The number of carboxylic acids is 1. The number of carbonyl (C=O) groups is 2. The number of carbonyl (C=O) groups excluding carboxylic acids is 1. The van der Waals surface area contributed by atoms with Gasteiger partial charge in [-0.15, -0.1) is 0 Å². The van der Waals surface area contributed by atoms with Crippen LogP contribution in [0.25, 0.3) is 11.0 Å². The third-order valence-corrected chi connectivity index (χ3v) is 4.24. The van der Waals surface area contributed by atoms with Gasteiger partial charge in [0, 0.05) is 17.5 Å². The Morgan fingerprint density at radius 2 is 1.93 bits per heavy atom. The summed E-state index contributed by atoms with van der Waals surface area (Å²) in [6.45, 7) is -0.608. The largest absolute Gasteiger partial charge is 0.479 e. The van der Waals surface area contributed by atoms with Crippen LogP contribution >= 0.6 is 23.2 Å². The monoisotopic (exact) mass is 451 g/mol. The van der Waals surface area contributed by atoms with Crippen molar-refractivity contribution in [2.24, 2.45) is 5.10 Å². The summed E-state index contributed by atoms with van der Waals surface area (Å²) in [5.74, 6) is -1.94. The van der Waals surface area contributed by atoms with E-state index in [0.717, 1.165) is 0 Å². The highest BCUT2D eigenvalue weighted by Gasteiger charge is 2.15. The lowest BCUT2D eigenvalue weighted by Gasteiger charge is -2.08. The molecule has 1 aromatic heterocycles. The van der Waals surface area contributed by atoms with E-state index in [-0.39, 0.29) is 27.2 Å². The number of nitrogens with zero attached hydrogens (tertiary/aromatic N) is 2. The lowest BCUT2D eigenvalue weighted by Crippen LogP contribution is -2.16. The first kappa shape index (κ1) is 21.1. The SMILES string of the molecule is O=C(O)COc1c(Cl)cc(/C=N\NC(=O)c2cc3cc([N+](=O)[O-])ccc3o2)cc1Cl. The molecule has 3 rings (SSSR count). The van der Waals surface area contributed by atoms with E-state index in [0.29, 0.717) is 16.5 Å². The van der Waals surface area contributed by atoms with E-state index in [4.69, 9.17) is 37.5 Å². The number of ether oxygens (including phenoxy) is 1. The number of nitro benzene ring substituents is 1. The van der Waals surface area contributed by atoms with E-state index in [1.807, 2.05) is 0 Å². The number of non-ortho nitro benzene ring substituents is 1. The number of hydrogen-bond acceptors (Lipinski definition) is 7. The zero-order valence-corrected chi connectivity index (χ0v) is 16.3. The molecule has 154 valence electrons. The highest BCUT2D eigenvalue weighted by Crippen LogP contribution is 2.33. The second-order valence-electron chi connectivity index (χ2n) is 5.79. The minimum atomic E-state index is -1.18. The number of halogens is 2. The Balaban J connectivity index is 1.70. The summed E-state index contributed by atoms with van der Waals surface area (Å²) in [6.07, 6.45) is 1.25. The Morgan fingerprint density at radius 1 is 1.23 bits per heavy atom. The van der Waals surface area contributed by atoms with Crippen LogP contribution in [0.3, 0.4) is 0 Å². The van der Waals surface area contributed by atoms with Crippen molar-refractivity contribution in [3.8, 4) is 5.75 Å². The summed E-state index contributed by atoms with van der Waals surface area (Å²) in [5.41, 5.74) is 2.84. The van der Waals surface area contributed by atoms with Crippen LogP contribution in [0.5, 0.6) is 5.75 Å². The number of rotatable bonds is 7. The van der Waals surface area contributed by atoms with Crippen LogP contribution in [0.1, 0.15) is 16.1 Å². The molecule has 0 saturated carbocycles. The summed E-state index contributed by atoms with van der Waals surface area (Å²) < 4.78 is 10.4. The van der Waals surface area contributed by atoms with Crippen molar-refractivity contribution in [2.45, 2.75) is 0 Å². The van der Waals surface area contributed by atoms with Crippen LogP contribution in [-0.4, -0.2) is 34.7 Å². The average Bonchev–Trinajstić information content (AvgIpc) is 3.10. The summed E-state index contributed by atoms with van der Waals surface area (Å²) >= 11 is 12.0. The highest BCUT2D eigenvalue weighted by atomic mass is 35.5. The second kappa shape index (κ2) is 8.80. The predicted octanol–water partition coefficient (Wildman–Crippen LogP) is 3.88. The fourth-order valence-corrected chi connectivity index (χ4v) is 3.02. The third kappa shape index (κ3) is 4.85.